The smallest absolute Gasteiger partial charge is 0.226 e. The van der Waals surface area contributed by atoms with Gasteiger partial charge in [0.25, 0.3) is 0 Å². The molecule has 0 N–H and O–H groups in total. The van der Waals surface area contributed by atoms with Crippen molar-refractivity contribution in [1.29, 1.82) is 0 Å². The van der Waals surface area contributed by atoms with Crippen molar-refractivity contribution >= 4 is 21.9 Å². The molecule has 64 valence electrons. The fraction of sp³-hybridized carbons (Fsp3) is 0.500. The minimum atomic E-state index is -3.21. The van der Waals surface area contributed by atoms with Gasteiger partial charge in [-0.05, 0) is 34.7 Å². The summed E-state index contributed by atoms with van der Waals surface area (Å²) in [4.78, 5) is 7.28. The molecule has 1 aromatic rings. The molecule has 0 unspecified atom stereocenters. The monoisotopic (exact) mass is 237 g/mol. The fourth-order valence-electron chi connectivity index (χ4n) is 0.660. The Morgan fingerprint density at radius 2 is 2.33 bits per heavy atom. The Balaban J connectivity index is 2.74. The summed E-state index contributed by atoms with van der Waals surface area (Å²) >= 11 is 2.86. The Morgan fingerprint density at radius 1 is 1.58 bits per heavy atom. The van der Waals surface area contributed by atoms with Gasteiger partial charge in [-0.25, -0.2) is 9.97 Å². The number of anilines is 1. The SMILES string of the molecule is [2H]c1nc(N2C([2H])([2H])C([2H])([2H])C([2H])([2H])C2([2H])[2H])nc(Br)c1[2H]. The van der Waals surface area contributed by atoms with E-state index in [4.69, 9.17) is 13.7 Å². The van der Waals surface area contributed by atoms with Crippen LogP contribution in [0.15, 0.2) is 16.8 Å². The van der Waals surface area contributed by atoms with Gasteiger partial charge in [0.2, 0.25) is 5.95 Å². The van der Waals surface area contributed by atoms with Crippen molar-refractivity contribution < 1.29 is 13.7 Å². The minimum absolute atomic E-state index is 0.141. The van der Waals surface area contributed by atoms with Crippen LogP contribution in [0.4, 0.5) is 5.95 Å². The van der Waals surface area contributed by atoms with Crippen LogP contribution in [-0.4, -0.2) is 23.0 Å². The zero-order valence-corrected chi connectivity index (χ0v) is 7.31. The van der Waals surface area contributed by atoms with Gasteiger partial charge < -0.3 is 4.90 Å². The summed E-state index contributed by atoms with van der Waals surface area (Å²) in [5.74, 6) is -0.715. The van der Waals surface area contributed by atoms with Gasteiger partial charge in [-0.2, -0.15) is 0 Å². The molecule has 0 aliphatic carbocycles. The van der Waals surface area contributed by atoms with Crippen molar-refractivity contribution in [2.75, 3.05) is 17.9 Å². The summed E-state index contributed by atoms with van der Waals surface area (Å²) in [6.07, 6.45) is -7.04. The fourth-order valence-corrected chi connectivity index (χ4v) is 0.908. The average molecular weight is 238 g/mol. The molecule has 1 aromatic heterocycles. The molecule has 1 fully saturated rings. The van der Waals surface area contributed by atoms with E-state index in [2.05, 4.69) is 25.9 Å². The topological polar surface area (TPSA) is 29.0 Å². The molecular weight excluding hydrogens is 218 g/mol. The summed E-state index contributed by atoms with van der Waals surface area (Å²) < 4.78 is 76.7. The first-order valence-corrected chi connectivity index (χ1v) is 3.80. The molecule has 0 saturated carbocycles. The molecular formula is C8H10BrN3. The van der Waals surface area contributed by atoms with Crippen molar-refractivity contribution in [2.45, 2.75) is 12.7 Å². The number of nitrogens with zero attached hydrogens (tertiary/aromatic N) is 3. The predicted octanol–water partition coefficient (Wildman–Crippen LogP) is 1.84. The summed E-state index contributed by atoms with van der Waals surface area (Å²) in [6.45, 7) is -6.23. The molecule has 3 nitrogen and oxygen atoms in total. The van der Waals surface area contributed by atoms with Gasteiger partial charge in [0, 0.05) is 30.1 Å². The van der Waals surface area contributed by atoms with E-state index in [9.17, 15) is 0 Å². The highest BCUT2D eigenvalue weighted by Gasteiger charge is 2.14. The number of rotatable bonds is 1. The van der Waals surface area contributed by atoms with Crippen molar-refractivity contribution in [2.24, 2.45) is 0 Å². The third-order valence-electron chi connectivity index (χ3n) is 1.11. The second kappa shape index (κ2) is 3.39. The Bertz CT molecular complexity index is 584. The maximum absolute atomic E-state index is 7.82. The Hall–Kier alpha value is -0.640. The molecule has 0 spiro atoms. The van der Waals surface area contributed by atoms with Crippen molar-refractivity contribution in [3.63, 3.8) is 0 Å². The van der Waals surface area contributed by atoms with Crippen LogP contribution in [0, 0.1) is 0 Å². The summed E-state index contributed by atoms with van der Waals surface area (Å²) in [7, 11) is 0. The molecule has 0 amide bonds. The lowest BCUT2D eigenvalue weighted by molar-refractivity contribution is 0.893. The van der Waals surface area contributed by atoms with E-state index in [1.807, 2.05) is 0 Å². The standard InChI is InChI=1S/C8H10BrN3/c9-7-3-4-10-8(11-7)12-5-1-2-6-12/h3-4H,1-2,5-6H2/i1D2,2D2,3D,4D,5D2,6D2. The van der Waals surface area contributed by atoms with Crippen LogP contribution >= 0.6 is 15.9 Å². The van der Waals surface area contributed by atoms with E-state index in [0.717, 1.165) is 0 Å². The quantitative estimate of drug-likeness (QED) is 0.699. The number of aromatic nitrogens is 2. The molecule has 12 heavy (non-hydrogen) atoms. The summed E-state index contributed by atoms with van der Waals surface area (Å²) in [6, 6.07) is -0.407. The number of hydrogen-bond donors (Lipinski definition) is 0. The van der Waals surface area contributed by atoms with Crippen LogP contribution in [-0.2, 0) is 0 Å². The first kappa shape index (κ1) is 2.44. The third kappa shape index (κ3) is 1.58. The van der Waals surface area contributed by atoms with E-state index in [1.165, 1.54) is 0 Å². The maximum Gasteiger partial charge on any atom is 0.226 e. The van der Waals surface area contributed by atoms with Crippen molar-refractivity contribution in [3.8, 4) is 0 Å². The molecule has 1 saturated heterocycles. The number of hydrogen-bond acceptors (Lipinski definition) is 3. The van der Waals surface area contributed by atoms with Crippen LogP contribution in [0.3, 0.4) is 0 Å². The molecule has 0 atom stereocenters. The first-order chi connectivity index (χ1) is 9.69. The highest BCUT2D eigenvalue weighted by Crippen LogP contribution is 2.16. The molecule has 2 rings (SSSR count). The second-order valence-electron chi connectivity index (χ2n) is 1.86. The Morgan fingerprint density at radius 3 is 3.00 bits per heavy atom. The largest absolute Gasteiger partial charge is 0.341 e. The normalized spacial score (nSPS) is 45.9. The first-order valence-electron chi connectivity index (χ1n) is 8.00. The highest BCUT2D eigenvalue weighted by atomic mass is 79.9. The van der Waals surface area contributed by atoms with Gasteiger partial charge in [0.15, 0.2) is 0 Å². The Kier molecular flexibility index (Phi) is 0.689. The van der Waals surface area contributed by atoms with E-state index in [1.54, 1.807) is 0 Å². The van der Waals surface area contributed by atoms with Gasteiger partial charge in [0.05, 0.1) is 2.74 Å². The van der Waals surface area contributed by atoms with Gasteiger partial charge in [-0.1, -0.05) is 0 Å². The van der Waals surface area contributed by atoms with Crippen LogP contribution in [0.1, 0.15) is 26.5 Å². The highest BCUT2D eigenvalue weighted by molar-refractivity contribution is 9.10. The summed E-state index contributed by atoms with van der Waals surface area (Å²) in [5, 5.41) is 0. The molecule has 0 bridgehead atoms. The second-order valence-corrected chi connectivity index (χ2v) is 2.61. The van der Waals surface area contributed by atoms with Crippen LogP contribution < -0.4 is 4.90 Å². The summed E-state index contributed by atoms with van der Waals surface area (Å²) in [5.41, 5.74) is 0. The number of halogens is 1. The van der Waals surface area contributed by atoms with Gasteiger partial charge in [0.1, 0.15) is 4.60 Å². The zero-order valence-electron chi connectivity index (χ0n) is 15.7. The zero-order chi connectivity index (χ0) is 17.3. The van der Waals surface area contributed by atoms with E-state index in [-0.39, 0.29) is 9.50 Å². The van der Waals surface area contributed by atoms with E-state index < -0.39 is 43.9 Å². The van der Waals surface area contributed by atoms with Crippen molar-refractivity contribution in [1.82, 2.24) is 9.97 Å². The minimum Gasteiger partial charge on any atom is -0.341 e. The van der Waals surface area contributed by atoms with Crippen LogP contribution in [0.5, 0.6) is 0 Å². The molecule has 0 radical (unpaired) electrons. The third-order valence-corrected chi connectivity index (χ3v) is 1.49. The predicted molar refractivity (Wildman–Crippen MR) is 51.2 cm³/mol. The van der Waals surface area contributed by atoms with Crippen LogP contribution in [0.25, 0.3) is 0 Å². The maximum atomic E-state index is 7.82. The lowest BCUT2D eigenvalue weighted by Gasteiger charge is -2.13. The Labute approximate surface area is 94.0 Å². The average Bonchev–Trinajstić information content (AvgIpc) is 2.40. The van der Waals surface area contributed by atoms with Gasteiger partial charge in [-0.15, -0.1) is 0 Å². The molecule has 2 heterocycles. The lowest BCUT2D eigenvalue weighted by Crippen LogP contribution is -2.20. The van der Waals surface area contributed by atoms with Gasteiger partial charge >= 0.3 is 0 Å². The molecule has 1 aliphatic heterocycles. The lowest BCUT2D eigenvalue weighted by atomic mass is 10.4. The van der Waals surface area contributed by atoms with Crippen LogP contribution in [0.2, 0.25) is 0 Å². The molecule has 4 heteroatoms. The van der Waals surface area contributed by atoms with Gasteiger partial charge in [-0.3, -0.25) is 0 Å². The van der Waals surface area contributed by atoms with E-state index >= 15 is 0 Å². The van der Waals surface area contributed by atoms with E-state index in [0.29, 0.717) is 0 Å². The molecule has 0 aromatic carbocycles. The molecule has 1 aliphatic rings. The van der Waals surface area contributed by atoms with Crippen molar-refractivity contribution in [3.05, 3.63) is 16.8 Å².